The van der Waals surface area contributed by atoms with Crippen LogP contribution in [0.4, 0.5) is 0 Å². The molecule has 8 nitrogen and oxygen atoms in total. The third-order valence-corrected chi connectivity index (χ3v) is 29.0. The van der Waals surface area contributed by atoms with Crippen LogP contribution in [0.3, 0.4) is 0 Å². The van der Waals surface area contributed by atoms with Crippen LogP contribution in [0.5, 0.6) is 0 Å². The lowest BCUT2D eigenvalue weighted by molar-refractivity contribution is 0.669. The van der Waals surface area contributed by atoms with Crippen molar-refractivity contribution in [3.8, 4) is 67.5 Å². The second kappa shape index (κ2) is 30.4. The molecule has 0 radical (unpaired) electrons. The Kier molecular flexibility index (Phi) is 17.2. The molecular formula is C126H78N6O2S. The van der Waals surface area contributed by atoms with Gasteiger partial charge in [-0.05, 0) is 246 Å². The molecule has 0 aliphatic heterocycles. The van der Waals surface area contributed by atoms with Gasteiger partial charge in [-0.15, -0.1) is 11.3 Å². The van der Waals surface area contributed by atoms with Gasteiger partial charge in [0.05, 0.1) is 71.6 Å². The summed E-state index contributed by atoms with van der Waals surface area (Å²) in [6.07, 6.45) is 0. The number of furan rings is 2. The predicted octanol–water partition coefficient (Wildman–Crippen LogP) is 34.8. The number of rotatable bonds is 9. The van der Waals surface area contributed by atoms with Crippen molar-refractivity contribution in [2.75, 3.05) is 0 Å². The molecule has 0 bridgehead atoms. The topological polar surface area (TPSA) is 55.9 Å². The Balaban J connectivity index is 0.000000101. The molecule has 30 aromatic rings. The quantitative estimate of drug-likeness (QED) is 0.145. The van der Waals surface area contributed by atoms with Crippen molar-refractivity contribution in [3.05, 3.63) is 473 Å². The summed E-state index contributed by atoms with van der Waals surface area (Å²) in [5, 5.41) is 22.2. The van der Waals surface area contributed by atoms with Crippen LogP contribution >= 0.6 is 11.3 Å². The van der Waals surface area contributed by atoms with Gasteiger partial charge < -0.3 is 36.2 Å². The normalized spacial score (nSPS) is 12.0. The monoisotopic (exact) mass is 1740 g/mol. The van der Waals surface area contributed by atoms with Crippen LogP contribution in [-0.4, -0.2) is 27.4 Å². The zero-order valence-electron chi connectivity index (χ0n) is 72.9. The molecule has 0 aliphatic carbocycles. The van der Waals surface area contributed by atoms with E-state index in [1.807, 2.05) is 23.5 Å². The summed E-state index contributed by atoms with van der Waals surface area (Å²) < 4.78 is 29.9. The summed E-state index contributed by atoms with van der Waals surface area (Å²) >= 11 is 1.88. The number of benzene rings is 21. The zero-order valence-corrected chi connectivity index (χ0v) is 73.8. The number of hydrogen-bond donors (Lipinski definition) is 0. The first-order chi connectivity index (χ1) is 67.0. The lowest BCUT2D eigenvalue weighted by atomic mass is 10.00. The molecule has 9 aromatic heterocycles. The van der Waals surface area contributed by atoms with Crippen molar-refractivity contribution >= 4 is 206 Å². The summed E-state index contributed by atoms with van der Waals surface area (Å²) in [4.78, 5) is 0. The smallest absolute Gasteiger partial charge is 0.160 e. The molecule has 21 aromatic carbocycles. The third kappa shape index (κ3) is 12.0. The van der Waals surface area contributed by atoms with Crippen molar-refractivity contribution in [1.29, 1.82) is 0 Å². The number of fused-ring (bicyclic) bond motifs is 29. The van der Waals surface area contributed by atoms with Gasteiger partial charge in [0.2, 0.25) is 0 Å². The van der Waals surface area contributed by atoms with Crippen molar-refractivity contribution in [1.82, 2.24) is 27.4 Å². The van der Waals surface area contributed by atoms with E-state index >= 15 is 0 Å². The minimum absolute atomic E-state index is 0.907. The number of hydrogen-bond acceptors (Lipinski definition) is 3. The maximum absolute atomic E-state index is 6.58. The van der Waals surface area contributed by atoms with Crippen molar-refractivity contribution < 1.29 is 8.83 Å². The summed E-state index contributed by atoms with van der Waals surface area (Å²) in [7, 11) is 0. The zero-order chi connectivity index (χ0) is 88.5. The standard InChI is InChI=1S/2C42H26N2O.C42H26N2S/c1-3-11-29(12-4-1)43-37-17-9-7-15-31(37)35-25-27(19-23-38(35)43)28-20-24-39-36(26-28)33-21-22-34-32-16-8-10-18-40(32)45-42(34)41(33)44(39)30-13-5-2-6-14-30;1-3-11-29(12-4-1)43-36-17-9-7-15-31(36)34-25-27(19-22-37(34)43)28-20-23-38-35(26-28)32-21-24-40-41(33-16-8-10-18-39(33)45-40)42(32)44(38)30-13-5-2-6-14-30;1-3-11-29(12-4-1)43-37-17-9-7-15-31(37)33-23-27(19-21-38(33)43)28-20-22-39-34(24-28)35-25-36-32-16-8-10-18-41(32)45-42(36)26-40(35)44(39)30-13-5-2-6-14-30/h3*1-26H. The van der Waals surface area contributed by atoms with E-state index in [1.54, 1.807) is 0 Å². The molecule has 0 atom stereocenters. The average molecular weight is 1740 g/mol. The maximum Gasteiger partial charge on any atom is 0.160 e. The van der Waals surface area contributed by atoms with Crippen LogP contribution < -0.4 is 0 Å². The van der Waals surface area contributed by atoms with E-state index < -0.39 is 0 Å². The van der Waals surface area contributed by atoms with E-state index in [4.69, 9.17) is 8.83 Å². The second-order valence-electron chi connectivity index (χ2n) is 35.3. The molecule has 630 valence electrons. The molecule has 0 spiro atoms. The van der Waals surface area contributed by atoms with Gasteiger partial charge in [0, 0.05) is 135 Å². The van der Waals surface area contributed by atoms with Gasteiger partial charge >= 0.3 is 0 Å². The van der Waals surface area contributed by atoms with Crippen molar-refractivity contribution in [2.24, 2.45) is 0 Å². The Morgan fingerprint density at radius 2 is 0.437 bits per heavy atom. The minimum atomic E-state index is 0.907. The van der Waals surface area contributed by atoms with E-state index in [0.29, 0.717) is 0 Å². The Labute approximate surface area is 777 Å². The summed E-state index contributed by atoms with van der Waals surface area (Å²) in [6.45, 7) is 0. The highest BCUT2D eigenvalue weighted by atomic mass is 32.1. The van der Waals surface area contributed by atoms with Gasteiger partial charge in [0.1, 0.15) is 16.7 Å². The van der Waals surface area contributed by atoms with Crippen LogP contribution in [0.25, 0.3) is 262 Å². The summed E-state index contributed by atoms with van der Waals surface area (Å²) in [6, 6.07) is 171. The Bertz CT molecular complexity index is 9890. The Morgan fingerprint density at radius 1 is 0.148 bits per heavy atom. The molecule has 0 amide bonds. The maximum atomic E-state index is 6.58. The number of nitrogens with zero attached hydrogens (tertiary/aromatic N) is 6. The fourth-order valence-corrected chi connectivity index (χ4v) is 23.1. The van der Waals surface area contributed by atoms with Gasteiger partial charge in [0.15, 0.2) is 5.58 Å². The molecule has 9 heteroatoms. The highest BCUT2D eigenvalue weighted by molar-refractivity contribution is 7.25. The first-order valence-electron chi connectivity index (χ1n) is 46.1. The summed E-state index contributed by atoms with van der Waals surface area (Å²) in [5.41, 5.74) is 32.2. The van der Waals surface area contributed by atoms with Crippen LogP contribution in [0.15, 0.2) is 482 Å². The van der Waals surface area contributed by atoms with Crippen LogP contribution in [0, 0.1) is 0 Å². The van der Waals surface area contributed by atoms with Crippen LogP contribution in [0.2, 0.25) is 0 Å². The first kappa shape index (κ1) is 76.1. The lowest BCUT2D eigenvalue weighted by Gasteiger charge is -2.09. The SMILES string of the molecule is c1ccc(-n2c3ccccc3c3cc(-c4ccc5c(c4)c4cc6c(cc4n5-c4ccccc4)sc4ccccc46)ccc32)cc1.c1ccc(-n2c3ccccc3c3cc(-c4ccc5c(c4)c4ccc6c7ccccc7oc6c4n5-c4ccccc4)ccc32)cc1.c1ccc(-n2c3ccccc3c3cc(-c4ccc5c(c4)c4ccc6oc7ccccc7c6c4n5-c4ccccc4)ccc32)cc1. The Hall–Kier alpha value is -17.8. The minimum Gasteiger partial charge on any atom is -0.456 e. The molecule has 0 unspecified atom stereocenters. The number of aromatic nitrogens is 6. The number of thiophene rings is 1. The fourth-order valence-electron chi connectivity index (χ4n) is 21.9. The molecule has 0 fully saturated rings. The van der Waals surface area contributed by atoms with E-state index in [0.717, 1.165) is 66.3 Å². The van der Waals surface area contributed by atoms with Gasteiger partial charge in [-0.3, -0.25) is 0 Å². The van der Waals surface area contributed by atoms with Gasteiger partial charge in [-0.2, -0.15) is 0 Å². The van der Waals surface area contributed by atoms with Crippen LogP contribution in [-0.2, 0) is 0 Å². The molecular weight excluding hydrogens is 1660 g/mol. The molecule has 0 saturated heterocycles. The van der Waals surface area contributed by atoms with Crippen molar-refractivity contribution in [3.63, 3.8) is 0 Å². The van der Waals surface area contributed by atoms with Gasteiger partial charge in [-0.1, -0.05) is 261 Å². The third-order valence-electron chi connectivity index (χ3n) is 27.9. The average Bonchev–Trinajstić information content (AvgIpc) is 1.56. The van der Waals surface area contributed by atoms with Gasteiger partial charge in [0.25, 0.3) is 0 Å². The lowest BCUT2D eigenvalue weighted by Crippen LogP contribution is -1.93. The first-order valence-corrected chi connectivity index (χ1v) is 46.9. The van der Waals surface area contributed by atoms with E-state index in [1.165, 1.54) is 196 Å². The molecule has 0 saturated carbocycles. The molecule has 135 heavy (non-hydrogen) atoms. The van der Waals surface area contributed by atoms with E-state index in [-0.39, 0.29) is 0 Å². The largest absolute Gasteiger partial charge is 0.456 e. The van der Waals surface area contributed by atoms with Crippen LogP contribution in [0.1, 0.15) is 0 Å². The molecule has 9 heterocycles. The van der Waals surface area contributed by atoms with Crippen molar-refractivity contribution in [2.45, 2.75) is 0 Å². The summed E-state index contributed by atoms with van der Waals surface area (Å²) in [5.74, 6) is 0. The predicted molar refractivity (Wildman–Crippen MR) is 569 cm³/mol. The van der Waals surface area contributed by atoms with E-state index in [2.05, 4.69) is 488 Å². The Morgan fingerprint density at radius 3 is 0.867 bits per heavy atom. The number of para-hydroxylation sites is 11. The highest BCUT2D eigenvalue weighted by Crippen LogP contribution is 2.49. The van der Waals surface area contributed by atoms with Gasteiger partial charge in [-0.25, -0.2) is 0 Å². The molecule has 30 rings (SSSR count). The molecule has 0 N–H and O–H groups in total. The molecule has 0 aliphatic rings. The fraction of sp³-hybridized carbons (Fsp3) is 0. The van der Waals surface area contributed by atoms with E-state index in [9.17, 15) is 0 Å². The second-order valence-corrected chi connectivity index (χ2v) is 36.4. The highest BCUT2D eigenvalue weighted by Gasteiger charge is 2.26.